The molecule has 146 valence electrons. The highest BCUT2D eigenvalue weighted by atomic mass is 35.5. The highest BCUT2D eigenvalue weighted by molar-refractivity contribution is 7.16. The van der Waals surface area contributed by atoms with Crippen LogP contribution < -0.4 is 10.6 Å². The fourth-order valence-electron chi connectivity index (χ4n) is 3.40. The Morgan fingerprint density at radius 1 is 1.33 bits per heavy atom. The van der Waals surface area contributed by atoms with Gasteiger partial charge in [-0.1, -0.05) is 54.3 Å². The fourth-order valence-corrected chi connectivity index (χ4v) is 4.46. The van der Waals surface area contributed by atoms with Gasteiger partial charge in [0.15, 0.2) is 5.13 Å². The van der Waals surface area contributed by atoms with E-state index in [1.807, 2.05) is 25.1 Å². The first-order valence-corrected chi connectivity index (χ1v) is 10.7. The van der Waals surface area contributed by atoms with Gasteiger partial charge in [0.2, 0.25) is 11.8 Å². The number of aromatic hydroxyl groups is 1. The Kier molecular flexibility index (Phi) is 6.96. The minimum atomic E-state index is -0.146. The summed E-state index contributed by atoms with van der Waals surface area (Å²) < 4.78 is 0. The molecule has 5 nitrogen and oxygen atoms in total. The first-order chi connectivity index (χ1) is 13.0. The van der Waals surface area contributed by atoms with E-state index in [0.29, 0.717) is 27.5 Å². The number of halogens is 1. The van der Waals surface area contributed by atoms with E-state index in [2.05, 4.69) is 15.6 Å². The van der Waals surface area contributed by atoms with E-state index < -0.39 is 0 Å². The van der Waals surface area contributed by atoms with Crippen LogP contribution in [0.1, 0.15) is 48.1 Å². The highest BCUT2D eigenvalue weighted by Gasteiger charge is 2.17. The van der Waals surface area contributed by atoms with E-state index in [1.165, 1.54) is 43.4 Å². The molecule has 1 aliphatic carbocycles. The van der Waals surface area contributed by atoms with Crippen LogP contribution in [0.3, 0.4) is 0 Å². The van der Waals surface area contributed by atoms with Crippen molar-refractivity contribution in [2.75, 3.05) is 11.9 Å². The summed E-state index contributed by atoms with van der Waals surface area (Å²) >= 11 is 7.46. The fraction of sp³-hybridized carbons (Fsp3) is 0.500. The van der Waals surface area contributed by atoms with Crippen molar-refractivity contribution in [3.63, 3.8) is 0 Å². The van der Waals surface area contributed by atoms with Crippen molar-refractivity contribution in [1.29, 1.82) is 0 Å². The third-order valence-electron chi connectivity index (χ3n) is 5.12. The van der Waals surface area contributed by atoms with Gasteiger partial charge in [-0.05, 0) is 42.9 Å². The van der Waals surface area contributed by atoms with E-state index in [4.69, 9.17) is 11.6 Å². The second-order valence-corrected chi connectivity index (χ2v) is 8.62. The Morgan fingerprint density at radius 2 is 2.11 bits per heavy atom. The zero-order valence-electron chi connectivity index (χ0n) is 15.6. The number of nitrogens with one attached hydrogen (secondary N) is 2. The van der Waals surface area contributed by atoms with Gasteiger partial charge in [0.25, 0.3) is 0 Å². The van der Waals surface area contributed by atoms with Gasteiger partial charge in [-0.3, -0.25) is 4.79 Å². The van der Waals surface area contributed by atoms with Crippen LogP contribution in [0.2, 0.25) is 5.02 Å². The molecular weight excluding hydrogens is 382 g/mol. The van der Waals surface area contributed by atoms with Gasteiger partial charge in [-0.2, -0.15) is 4.98 Å². The molecule has 0 bridgehead atoms. The number of carbonyl (C=O) groups excluding carboxylic acids is 1. The maximum absolute atomic E-state index is 12.3. The molecule has 1 aromatic heterocycles. The number of rotatable bonds is 7. The van der Waals surface area contributed by atoms with Gasteiger partial charge in [0.05, 0.1) is 11.3 Å². The average Bonchev–Trinajstić information content (AvgIpc) is 3.01. The molecule has 0 saturated heterocycles. The molecule has 2 aromatic rings. The summed E-state index contributed by atoms with van der Waals surface area (Å²) in [5.74, 6) is 0.477. The summed E-state index contributed by atoms with van der Waals surface area (Å²) in [6, 6.07) is 5.65. The van der Waals surface area contributed by atoms with Crippen molar-refractivity contribution in [1.82, 2.24) is 10.3 Å². The van der Waals surface area contributed by atoms with Crippen LogP contribution in [0.5, 0.6) is 5.88 Å². The molecule has 1 saturated carbocycles. The Bertz CT molecular complexity index is 788. The molecule has 0 atom stereocenters. The van der Waals surface area contributed by atoms with Crippen LogP contribution in [0.4, 0.5) is 5.13 Å². The molecule has 27 heavy (non-hydrogen) atoms. The minimum Gasteiger partial charge on any atom is -0.492 e. The monoisotopic (exact) mass is 407 g/mol. The minimum absolute atomic E-state index is 0.0553. The highest BCUT2D eigenvalue weighted by Crippen LogP contribution is 2.30. The smallest absolute Gasteiger partial charge is 0.227 e. The third kappa shape index (κ3) is 5.59. The van der Waals surface area contributed by atoms with Gasteiger partial charge in [-0.25, -0.2) is 0 Å². The Morgan fingerprint density at radius 3 is 2.89 bits per heavy atom. The van der Waals surface area contributed by atoms with E-state index >= 15 is 0 Å². The van der Waals surface area contributed by atoms with Crippen molar-refractivity contribution < 1.29 is 9.90 Å². The summed E-state index contributed by atoms with van der Waals surface area (Å²) in [5.41, 5.74) is 1.95. The molecule has 1 aliphatic rings. The zero-order chi connectivity index (χ0) is 19.2. The predicted octanol–water partition coefficient (Wildman–Crippen LogP) is 4.66. The van der Waals surface area contributed by atoms with Crippen LogP contribution in [0, 0.1) is 12.8 Å². The Balaban J connectivity index is 1.50. The predicted molar refractivity (Wildman–Crippen MR) is 111 cm³/mol. The van der Waals surface area contributed by atoms with E-state index in [0.717, 1.165) is 17.7 Å². The average molecular weight is 408 g/mol. The summed E-state index contributed by atoms with van der Waals surface area (Å²) in [7, 11) is 0. The van der Waals surface area contributed by atoms with Gasteiger partial charge in [-0.15, -0.1) is 0 Å². The lowest BCUT2D eigenvalue weighted by Crippen LogP contribution is -2.24. The summed E-state index contributed by atoms with van der Waals surface area (Å²) in [4.78, 5) is 17.0. The normalized spacial score (nSPS) is 14.9. The molecule has 1 amide bonds. The van der Waals surface area contributed by atoms with Crippen LogP contribution in [0.15, 0.2) is 18.2 Å². The quantitative estimate of drug-likeness (QED) is 0.623. The van der Waals surface area contributed by atoms with E-state index in [1.54, 1.807) is 0 Å². The zero-order valence-corrected chi connectivity index (χ0v) is 17.1. The number of carbonyl (C=O) groups is 1. The molecule has 0 unspecified atom stereocenters. The maximum atomic E-state index is 12.3. The lowest BCUT2D eigenvalue weighted by atomic mass is 9.89. The van der Waals surface area contributed by atoms with Crippen LogP contribution in [-0.4, -0.2) is 22.5 Å². The van der Waals surface area contributed by atoms with Crippen LogP contribution in [0.25, 0.3) is 0 Å². The van der Waals surface area contributed by atoms with Crippen LogP contribution in [-0.2, 0) is 17.8 Å². The second-order valence-electron chi connectivity index (χ2n) is 7.13. The maximum Gasteiger partial charge on any atom is 0.227 e. The number of aromatic nitrogens is 1. The van der Waals surface area contributed by atoms with Gasteiger partial charge in [0.1, 0.15) is 0 Å². The van der Waals surface area contributed by atoms with E-state index in [-0.39, 0.29) is 18.2 Å². The third-order valence-corrected chi connectivity index (χ3v) is 6.53. The summed E-state index contributed by atoms with van der Waals surface area (Å²) in [5, 5.41) is 17.6. The number of nitrogens with zero attached hydrogens (tertiary/aromatic N) is 1. The number of hydrogen-bond acceptors (Lipinski definition) is 5. The molecule has 3 rings (SSSR count). The van der Waals surface area contributed by atoms with E-state index in [9.17, 15) is 9.90 Å². The van der Waals surface area contributed by atoms with Gasteiger partial charge in [0, 0.05) is 18.1 Å². The molecule has 1 fully saturated rings. The van der Waals surface area contributed by atoms with Crippen molar-refractivity contribution in [3.8, 4) is 5.88 Å². The Hall–Kier alpha value is -1.79. The van der Waals surface area contributed by atoms with Crippen molar-refractivity contribution in [2.45, 2.75) is 52.0 Å². The summed E-state index contributed by atoms with van der Waals surface area (Å²) in [6.45, 7) is 3.23. The number of anilines is 1. The van der Waals surface area contributed by atoms with Crippen molar-refractivity contribution in [3.05, 3.63) is 39.2 Å². The number of thiazole rings is 1. The van der Waals surface area contributed by atoms with Crippen molar-refractivity contribution >= 4 is 34.0 Å². The molecule has 0 aliphatic heterocycles. The molecule has 3 N–H and O–H groups in total. The topological polar surface area (TPSA) is 74.2 Å². The molecule has 1 aromatic carbocycles. The first-order valence-electron chi connectivity index (χ1n) is 9.46. The molecule has 0 spiro atoms. The molecule has 0 radical (unpaired) electrons. The SMILES string of the molecule is Cc1c(Cl)cccc1CNC(=O)Cc1sc(NCC2CCCCC2)nc1O. The lowest BCUT2D eigenvalue weighted by molar-refractivity contribution is -0.120. The molecule has 7 heteroatoms. The number of benzene rings is 1. The van der Waals surface area contributed by atoms with Crippen LogP contribution >= 0.6 is 22.9 Å². The standard InChI is InChI=1S/C20H26ClN3O2S/c1-13-15(8-5-9-16(13)21)12-22-18(25)10-17-19(26)24-20(27-17)23-11-14-6-3-2-4-7-14/h5,8-9,14,26H,2-4,6-7,10-12H2,1H3,(H,22,25)(H,23,24). The number of amides is 1. The molecular formula is C20H26ClN3O2S. The van der Waals surface area contributed by atoms with Gasteiger partial charge < -0.3 is 15.7 Å². The largest absolute Gasteiger partial charge is 0.492 e. The Labute approximate surface area is 169 Å². The lowest BCUT2D eigenvalue weighted by Gasteiger charge is -2.21. The summed E-state index contributed by atoms with van der Waals surface area (Å²) in [6.07, 6.45) is 6.56. The van der Waals surface area contributed by atoms with Crippen molar-refractivity contribution in [2.24, 2.45) is 5.92 Å². The van der Waals surface area contributed by atoms with Gasteiger partial charge >= 0.3 is 0 Å². The molecule has 1 heterocycles. The number of hydrogen-bond donors (Lipinski definition) is 3. The first kappa shape index (κ1) is 20.0. The second kappa shape index (κ2) is 9.42.